The zero-order valence-corrected chi connectivity index (χ0v) is 18.3. The van der Waals surface area contributed by atoms with E-state index in [0.717, 1.165) is 5.56 Å². The van der Waals surface area contributed by atoms with Crippen LogP contribution in [-0.4, -0.2) is 20.6 Å². The number of hydrogen-bond donors (Lipinski definition) is 1. The van der Waals surface area contributed by atoms with Crippen LogP contribution in [0.2, 0.25) is 5.02 Å². The van der Waals surface area contributed by atoms with Crippen LogP contribution in [0.25, 0.3) is 0 Å². The number of aromatic nitrogens is 2. The summed E-state index contributed by atoms with van der Waals surface area (Å²) in [5.41, 5.74) is 1.50. The number of nitrogens with zero attached hydrogens (tertiary/aromatic N) is 3. The van der Waals surface area contributed by atoms with Crippen LogP contribution in [0.4, 0.5) is 11.5 Å². The standard InChI is InChI=1S/C23H19ClN4O5/c1-15-11-18(5-7-20(15)28(30)31)32-14-19-6-8-21(33-19)23(29)25-22-9-10-27(26-22)13-16-3-2-4-17(24)12-16/h2-12H,13-14H2,1H3,(H,25,26,29). The summed E-state index contributed by atoms with van der Waals surface area (Å²) in [6.45, 7) is 2.22. The van der Waals surface area contributed by atoms with Crippen LogP contribution in [0.15, 0.2) is 71.3 Å². The van der Waals surface area contributed by atoms with Crippen molar-refractivity contribution >= 4 is 29.0 Å². The number of halogens is 1. The maximum absolute atomic E-state index is 12.5. The number of carbonyl (C=O) groups excluding carboxylic acids is 1. The third kappa shape index (κ3) is 5.58. The fourth-order valence-corrected chi connectivity index (χ4v) is 3.38. The zero-order chi connectivity index (χ0) is 23.4. The molecule has 0 radical (unpaired) electrons. The van der Waals surface area contributed by atoms with E-state index >= 15 is 0 Å². The second kappa shape index (κ2) is 9.58. The summed E-state index contributed by atoms with van der Waals surface area (Å²) < 4.78 is 12.9. The van der Waals surface area contributed by atoms with Crippen LogP contribution in [-0.2, 0) is 13.2 Å². The van der Waals surface area contributed by atoms with E-state index in [4.69, 9.17) is 20.8 Å². The van der Waals surface area contributed by atoms with Crippen LogP contribution in [0.3, 0.4) is 0 Å². The number of nitro benzene ring substituents is 1. The molecule has 4 rings (SSSR count). The molecule has 0 bridgehead atoms. The molecule has 0 spiro atoms. The number of ether oxygens (including phenoxy) is 1. The fraction of sp³-hybridized carbons (Fsp3) is 0.130. The lowest BCUT2D eigenvalue weighted by Gasteiger charge is -2.05. The Morgan fingerprint density at radius 1 is 1.21 bits per heavy atom. The first kappa shape index (κ1) is 22.1. The Labute approximate surface area is 193 Å². The molecule has 2 aromatic heterocycles. The third-order valence-electron chi connectivity index (χ3n) is 4.75. The zero-order valence-electron chi connectivity index (χ0n) is 17.5. The van der Waals surface area contributed by atoms with Crippen LogP contribution in [0.1, 0.15) is 27.4 Å². The van der Waals surface area contributed by atoms with E-state index in [-0.39, 0.29) is 18.1 Å². The Morgan fingerprint density at radius 2 is 2.06 bits per heavy atom. The van der Waals surface area contributed by atoms with Gasteiger partial charge in [0.15, 0.2) is 11.6 Å². The van der Waals surface area contributed by atoms with Gasteiger partial charge in [-0.15, -0.1) is 0 Å². The van der Waals surface area contributed by atoms with Crippen molar-refractivity contribution < 1.29 is 18.9 Å². The van der Waals surface area contributed by atoms with Gasteiger partial charge in [-0.3, -0.25) is 19.6 Å². The Kier molecular flexibility index (Phi) is 6.41. The van der Waals surface area contributed by atoms with Crippen LogP contribution in [0.5, 0.6) is 5.75 Å². The van der Waals surface area contributed by atoms with Gasteiger partial charge >= 0.3 is 0 Å². The number of furan rings is 1. The van der Waals surface area contributed by atoms with Crippen molar-refractivity contribution in [2.75, 3.05) is 5.32 Å². The molecule has 1 N–H and O–H groups in total. The number of benzene rings is 2. The minimum absolute atomic E-state index is 0.0225. The SMILES string of the molecule is Cc1cc(OCc2ccc(C(=O)Nc3ccn(Cc4cccc(Cl)c4)n3)o2)ccc1[N+](=O)[O-]. The normalized spacial score (nSPS) is 10.7. The van der Waals surface area contributed by atoms with Crippen LogP contribution < -0.4 is 10.1 Å². The maximum atomic E-state index is 12.5. The molecule has 33 heavy (non-hydrogen) atoms. The molecule has 2 heterocycles. The average molecular weight is 467 g/mol. The summed E-state index contributed by atoms with van der Waals surface area (Å²) in [4.78, 5) is 22.9. The molecule has 0 aliphatic heterocycles. The number of amides is 1. The van der Waals surface area contributed by atoms with Crippen molar-refractivity contribution in [2.24, 2.45) is 0 Å². The molecule has 0 atom stereocenters. The predicted molar refractivity (Wildman–Crippen MR) is 122 cm³/mol. The Bertz CT molecular complexity index is 1310. The molecule has 4 aromatic rings. The van der Waals surface area contributed by atoms with Gasteiger partial charge in [-0.05, 0) is 48.9 Å². The Balaban J connectivity index is 1.33. The molecule has 0 fully saturated rings. The van der Waals surface area contributed by atoms with Gasteiger partial charge < -0.3 is 14.5 Å². The number of rotatable bonds is 8. The average Bonchev–Trinajstić information content (AvgIpc) is 3.42. The fourth-order valence-electron chi connectivity index (χ4n) is 3.17. The lowest BCUT2D eigenvalue weighted by molar-refractivity contribution is -0.385. The van der Waals surface area contributed by atoms with Crippen molar-refractivity contribution in [3.05, 3.63) is 105 Å². The maximum Gasteiger partial charge on any atom is 0.292 e. The summed E-state index contributed by atoms with van der Waals surface area (Å²) in [7, 11) is 0. The topological polar surface area (TPSA) is 112 Å². The van der Waals surface area contributed by atoms with E-state index < -0.39 is 10.8 Å². The molecule has 10 heteroatoms. The molecule has 1 amide bonds. The summed E-state index contributed by atoms with van der Waals surface area (Å²) in [6, 6.07) is 16.8. The van der Waals surface area contributed by atoms with Gasteiger partial charge in [0.1, 0.15) is 18.1 Å². The minimum atomic E-state index is -0.448. The number of aryl methyl sites for hydroxylation is 1. The highest BCUT2D eigenvalue weighted by Gasteiger charge is 2.14. The molecule has 0 saturated carbocycles. The molecular weight excluding hydrogens is 448 g/mol. The molecule has 168 valence electrons. The van der Waals surface area contributed by atoms with E-state index in [2.05, 4.69) is 10.4 Å². The highest BCUT2D eigenvalue weighted by Crippen LogP contribution is 2.24. The number of nitrogens with one attached hydrogen (secondary N) is 1. The number of carbonyl (C=O) groups is 1. The summed E-state index contributed by atoms with van der Waals surface area (Å²) in [5, 5.41) is 18.6. The molecule has 0 aliphatic rings. The number of nitro groups is 1. The lowest BCUT2D eigenvalue weighted by atomic mass is 10.2. The van der Waals surface area contributed by atoms with Crippen LogP contribution in [0, 0.1) is 17.0 Å². The van der Waals surface area contributed by atoms with Crippen molar-refractivity contribution in [1.82, 2.24) is 9.78 Å². The van der Waals surface area contributed by atoms with Crippen LogP contribution >= 0.6 is 11.6 Å². The minimum Gasteiger partial charge on any atom is -0.486 e. The number of hydrogen-bond acceptors (Lipinski definition) is 6. The predicted octanol–water partition coefficient (Wildman–Crippen LogP) is 5.23. The molecule has 9 nitrogen and oxygen atoms in total. The molecule has 2 aromatic carbocycles. The second-order valence-corrected chi connectivity index (χ2v) is 7.68. The summed E-state index contributed by atoms with van der Waals surface area (Å²) >= 11 is 6.01. The molecule has 0 unspecified atom stereocenters. The van der Waals surface area contributed by atoms with Crippen molar-refractivity contribution in [2.45, 2.75) is 20.1 Å². The van der Waals surface area contributed by atoms with Crippen molar-refractivity contribution in [1.29, 1.82) is 0 Å². The largest absolute Gasteiger partial charge is 0.486 e. The Morgan fingerprint density at radius 3 is 2.82 bits per heavy atom. The third-order valence-corrected chi connectivity index (χ3v) is 4.98. The van der Waals surface area contributed by atoms with E-state index in [9.17, 15) is 14.9 Å². The quantitative estimate of drug-likeness (QED) is 0.281. The monoisotopic (exact) mass is 466 g/mol. The van der Waals surface area contributed by atoms with E-state index in [1.807, 2.05) is 18.2 Å². The lowest BCUT2D eigenvalue weighted by Crippen LogP contribution is -2.12. The molecule has 0 aliphatic carbocycles. The van der Waals surface area contributed by atoms with Crippen molar-refractivity contribution in [3.8, 4) is 5.75 Å². The highest BCUT2D eigenvalue weighted by molar-refractivity contribution is 6.30. The first-order valence-electron chi connectivity index (χ1n) is 9.93. The van der Waals surface area contributed by atoms with Gasteiger partial charge in [0.25, 0.3) is 11.6 Å². The molecule has 0 saturated heterocycles. The van der Waals surface area contributed by atoms with Gasteiger partial charge in [-0.2, -0.15) is 5.10 Å². The van der Waals surface area contributed by atoms with Gasteiger partial charge in [0.05, 0.1) is 11.5 Å². The van der Waals surface area contributed by atoms with E-state index in [1.54, 1.807) is 42.1 Å². The smallest absolute Gasteiger partial charge is 0.292 e. The first-order chi connectivity index (χ1) is 15.9. The van der Waals surface area contributed by atoms with Crippen molar-refractivity contribution in [3.63, 3.8) is 0 Å². The van der Waals surface area contributed by atoms with Gasteiger partial charge in [-0.25, -0.2) is 0 Å². The summed E-state index contributed by atoms with van der Waals surface area (Å²) in [5.74, 6) is 0.948. The first-order valence-corrected chi connectivity index (χ1v) is 10.3. The second-order valence-electron chi connectivity index (χ2n) is 7.24. The summed E-state index contributed by atoms with van der Waals surface area (Å²) in [6.07, 6.45) is 1.75. The molecular formula is C23H19ClN4O5. The van der Waals surface area contributed by atoms with Gasteiger partial charge in [0.2, 0.25) is 0 Å². The van der Waals surface area contributed by atoms with Gasteiger partial charge in [-0.1, -0.05) is 23.7 Å². The van der Waals surface area contributed by atoms with E-state index in [1.165, 1.54) is 18.2 Å². The highest BCUT2D eigenvalue weighted by atomic mass is 35.5. The number of anilines is 1. The Hall–Kier alpha value is -4.11. The van der Waals surface area contributed by atoms with E-state index in [0.29, 0.717) is 34.5 Å². The van der Waals surface area contributed by atoms with Gasteiger partial charge in [0, 0.05) is 28.9 Å².